The van der Waals surface area contributed by atoms with Gasteiger partial charge < -0.3 is 9.84 Å². The van der Waals surface area contributed by atoms with Crippen molar-refractivity contribution in [2.45, 2.75) is 44.6 Å². The number of phenolic OH excluding ortho intramolecular Hbond substituents is 1. The zero-order chi connectivity index (χ0) is 15.0. The first-order chi connectivity index (χ1) is 9.26. The number of rotatable bonds is 2. The maximum absolute atomic E-state index is 11.6. The summed E-state index contributed by atoms with van der Waals surface area (Å²) in [4.78, 5) is 11.6. The van der Waals surface area contributed by atoms with E-state index < -0.39 is 11.7 Å². The number of phenols is 1. The van der Waals surface area contributed by atoms with Crippen molar-refractivity contribution in [1.82, 2.24) is 0 Å². The Bertz CT molecular complexity index is 574. The normalized spacial score (nSPS) is 16.1. The minimum Gasteiger partial charge on any atom is -0.508 e. The monoisotopic (exact) mass is 273 g/mol. The number of terminal acetylenes is 1. The van der Waals surface area contributed by atoms with E-state index in [0.29, 0.717) is 5.69 Å². The maximum Gasteiger partial charge on any atom is 0.412 e. The molecule has 0 spiro atoms. The van der Waals surface area contributed by atoms with Crippen LogP contribution in [0, 0.1) is 12.3 Å². The van der Waals surface area contributed by atoms with E-state index in [1.54, 1.807) is 32.9 Å². The molecule has 1 aromatic rings. The van der Waals surface area contributed by atoms with Gasteiger partial charge in [0.15, 0.2) is 0 Å². The molecule has 0 unspecified atom stereocenters. The summed E-state index contributed by atoms with van der Waals surface area (Å²) in [6.07, 6.45) is 6.72. The molecule has 2 rings (SSSR count). The number of hydrogen-bond donors (Lipinski definition) is 2. The summed E-state index contributed by atoms with van der Waals surface area (Å²) in [5.74, 6) is 2.83. The van der Waals surface area contributed by atoms with Gasteiger partial charge in [0.1, 0.15) is 11.4 Å². The molecule has 0 radical (unpaired) electrons. The number of amides is 1. The first-order valence-corrected chi connectivity index (χ1v) is 6.57. The summed E-state index contributed by atoms with van der Waals surface area (Å²) in [5.41, 5.74) is 0.338. The van der Waals surface area contributed by atoms with Gasteiger partial charge in [-0.3, -0.25) is 5.32 Å². The first-order valence-electron chi connectivity index (χ1n) is 6.57. The molecule has 1 aromatic carbocycles. The molecule has 1 amide bonds. The quantitative estimate of drug-likeness (QED) is 0.812. The lowest BCUT2D eigenvalue weighted by Crippen LogP contribution is -2.27. The van der Waals surface area contributed by atoms with Gasteiger partial charge in [0.05, 0.1) is 5.41 Å². The van der Waals surface area contributed by atoms with Gasteiger partial charge in [-0.2, -0.15) is 0 Å². The van der Waals surface area contributed by atoms with E-state index >= 15 is 0 Å². The molecular weight excluding hydrogens is 254 g/mol. The number of ether oxygens (including phenoxy) is 1. The molecule has 0 bridgehead atoms. The largest absolute Gasteiger partial charge is 0.508 e. The molecule has 0 saturated heterocycles. The molecule has 2 N–H and O–H groups in total. The molecule has 1 fully saturated rings. The van der Waals surface area contributed by atoms with Crippen LogP contribution in [0.4, 0.5) is 10.5 Å². The number of hydrogen-bond acceptors (Lipinski definition) is 3. The van der Waals surface area contributed by atoms with Gasteiger partial charge in [-0.1, -0.05) is 12.0 Å². The van der Waals surface area contributed by atoms with Gasteiger partial charge in [-0.15, -0.1) is 6.42 Å². The molecule has 0 aliphatic heterocycles. The minimum absolute atomic E-state index is 0.106. The van der Waals surface area contributed by atoms with Crippen LogP contribution in [0.15, 0.2) is 18.2 Å². The van der Waals surface area contributed by atoms with Crippen LogP contribution in [0.25, 0.3) is 0 Å². The Hall–Kier alpha value is -2.15. The van der Waals surface area contributed by atoms with E-state index in [0.717, 1.165) is 18.4 Å². The lowest BCUT2D eigenvalue weighted by molar-refractivity contribution is 0.0636. The van der Waals surface area contributed by atoms with E-state index in [-0.39, 0.29) is 11.2 Å². The lowest BCUT2D eigenvalue weighted by atomic mass is 9.96. The average Bonchev–Trinajstić information content (AvgIpc) is 3.07. The summed E-state index contributed by atoms with van der Waals surface area (Å²) < 4.78 is 5.15. The van der Waals surface area contributed by atoms with Crippen molar-refractivity contribution in [1.29, 1.82) is 0 Å². The highest BCUT2D eigenvalue weighted by molar-refractivity contribution is 5.85. The van der Waals surface area contributed by atoms with E-state index in [9.17, 15) is 9.90 Å². The van der Waals surface area contributed by atoms with E-state index in [1.807, 2.05) is 0 Å². The fourth-order valence-electron chi connectivity index (χ4n) is 2.05. The molecule has 20 heavy (non-hydrogen) atoms. The number of carbonyl (C=O) groups is 1. The molecule has 1 aliphatic carbocycles. The van der Waals surface area contributed by atoms with Crippen LogP contribution in [-0.2, 0) is 10.2 Å². The van der Waals surface area contributed by atoms with Gasteiger partial charge in [-0.25, -0.2) is 4.79 Å². The van der Waals surface area contributed by atoms with Gasteiger partial charge in [-0.05, 0) is 39.7 Å². The van der Waals surface area contributed by atoms with Crippen molar-refractivity contribution in [3.63, 3.8) is 0 Å². The molecule has 106 valence electrons. The third-order valence-corrected chi connectivity index (χ3v) is 3.18. The highest BCUT2D eigenvalue weighted by Crippen LogP contribution is 2.50. The Kier molecular flexibility index (Phi) is 3.39. The van der Waals surface area contributed by atoms with Crippen LogP contribution in [-0.4, -0.2) is 16.8 Å². The van der Waals surface area contributed by atoms with Crippen molar-refractivity contribution in [3.05, 3.63) is 23.8 Å². The molecule has 1 aliphatic rings. The third kappa shape index (κ3) is 3.05. The van der Waals surface area contributed by atoms with Crippen LogP contribution in [0.5, 0.6) is 5.75 Å². The minimum atomic E-state index is -0.562. The second-order valence-corrected chi connectivity index (χ2v) is 6.09. The van der Waals surface area contributed by atoms with Crippen molar-refractivity contribution in [2.75, 3.05) is 5.32 Å². The zero-order valence-corrected chi connectivity index (χ0v) is 12.0. The van der Waals surface area contributed by atoms with Crippen molar-refractivity contribution < 1.29 is 14.6 Å². The Balaban J connectivity index is 2.11. The van der Waals surface area contributed by atoms with Gasteiger partial charge in [0.2, 0.25) is 0 Å². The van der Waals surface area contributed by atoms with Crippen molar-refractivity contribution in [2.24, 2.45) is 0 Å². The number of aromatic hydroxyl groups is 1. The Labute approximate surface area is 119 Å². The number of anilines is 1. The standard InChI is InChI=1S/C16H19NO3/c1-5-16(8-9-16)12-7-6-11(10-13(12)18)17-14(19)20-15(2,3)4/h1,6-7,10,18H,8-9H2,2-4H3,(H,17,19). The van der Waals surface area contributed by atoms with Crippen molar-refractivity contribution >= 4 is 11.8 Å². The van der Waals surface area contributed by atoms with Gasteiger partial charge in [0, 0.05) is 17.3 Å². The van der Waals surface area contributed by atoms with Crippen LogP contribution in [0.3, 0.4) is 0 Å². The molecule has 4 heteroatoms. The molecule has 4 nitrogen and oxygen atoms in total. The fraction of sp³-hybridized carbons (Fsp3) is 0.438. The van der Waals surface area contributed by atoms with Crippen LogP contribution < -0.4 is 5.32 Å². The Morgan fingerprint density at radius 3 is 2.55 bits per heavy atom. The van der Waals surface area contributed by atoms with Gasteiger partial charge >= 0.3 is 6.09 Å². The topological polar surface area (TPSA) is 58.6 Å². The summed E-state index contributed by atoms with van der Waals surface area (Å²) >= 11 is 0. The maximum atomic E-state index is 11.6. The van der Waals surface area contributed by atoms with Gasteiger partial charge in [0.25, 0.3) is 0 Å². The second kappa shape index (κ2) is 4.75. The van der Waals surface area contributed by atoms with Crippen LogP contribution in [0.1, 0.15) is 39.2 Å². The number of benzene rings is 1. The SMILES string of the molecule is C#CC1(c2ccc(NC(=O)OC(C)(C)C)cc2O)CC1. The predicted molar refractivity (Wildman–Crippen MR) is 77.7 cm³/mol. The van der Waals surface area contributed by atoms with Crippen molar-refractivity contribution in [3.8, 4) is 18.1 Å². The average molecular weight is 273 g/mol. The first kappa shape index (κ1) is 14.3. The second-order valence-electron chi connectivity index (χ2n) is 6.09. The highest BCUT2D eigenvalue weighted by Gasteiger charge is 2.44. The Morgan fingerprint density at radius 1 is 1.45 bits per heavy atom. The lowest BCUT2D eigenvalue weighted by Gasteiger charge is -2.20. The van der Waals surface area contributed by atoms with Crippen LogP contribution in [0.2, 0.25) is 0 Å². The predicted octanol–water partition coefficient (Wildman–Crippen LogP) is 3.40. The summed E-state index contributed by atoms with van der Waals surface area (Å²) in [7, 11) is 0. The molecular formula is C16H19NO3. The number of nitrogens with one attached hydrogen (secondary N) is 1. The molecule has 0 atom stereocenters. The summed E-state index contributed by atoms with van der Waals surface area (Å²) in [6, 6.07) is 4.97. The smallest absolute Gasteiger partial charge is 0.412 e. The van der Waals surface area contributed by atoms with Crippen LogP contribution >= 0.6 is 0 Å². The zero-order valence-electron chi connectivity index (χ0n) is 12.0. The van der Waals surface area contributed by atoms with E-state index in [2.05, 4.69) is 11.2 Å². The highest BCUT2D eigenvalue weighted by atomic mass is 16.6. The summed E-state index contributed by atoms with van der Waals surface area (Å²) in [5, 5.41) is 12.6. The fourth-order valence-corrected chi connectivity index (χ4v) is 2.05. The van der Waals surface area contributed by atoms with E-state index in [4.69, 9.17) is 11.2 Å². The Morgan fingerprint density at radius 2 is 2.10 bits per heavy atom. The molecule has 0 aromatic heterocycles. The third-order valence-electron chi connectivity index (χ3n) is 3.18. The number of carbonyl (C=O) groups excluding carboxylic acids is 1. The molecule has 0 heterocycles. The van der Waals surface area contributed by atoms with E-state index in [1.165, 1.54) is 6.07 Å². The molecule has 1 saturated carbocycles. The summed E-state index contributed by atoms with van der Waals surface area (Å²) in [6.45, 7) is 5.37.